The lowest BCUT2D eigenvalue weighted by atomic mass is 10.0. The maximum Gasteiger partial charge on any atom is 0.326 e. The zero-order valence-electron chi connectivity index (χ0n) is 41.6. The molecular formula is C48H72N10O16. The molecule has 0 aromatic heterocycles. The summed E-state index contributed by atoms with van der Waals surface area (Å²) >= 11 is 0. The molecule has 2 rings (SSSR count). The summed E-state index contributed by atoms with van der Waals surface area (Å²) < 4.78 is 0. The largest absolute Gasteiger partial charge is 0.508 e. The number of carboxylic acids is 3. The lowest BCUT2D eigenvalue weighted by Gasteiger charge is -2.28. The van der Waals surface area contributed by atoms with E-state index >= 15 is 0 Å². The van der Waals surface area contributed by atoms with Gasteiger partial charge in [-0.1, -0.05) is 38.1 Å². The van der Waals surface area contributed by atoms with Crippen molar-refractivity contribution in [3.8, 4) is 11.5 Å². The molecule has 26 nitrogen and oxygen atoms in total. The number of nitrogens with two attached hydrogens (primary N) is 3. The maximum atomic E-state index is 14.3. The van der Waals surface area contributed by atoms with Gasteiger partial charge in [-0.15, -0.1) is 0 Å². The number of carbonyl (C=O) groups is 10. The Morgan fingerprint density at radius 1 is 0.473 bits per heavy atom. The van der Waals surface area contributed by atoms with Gasteiger partial charge in [-0.25, -0.2) is 4.79 Å². The molecule has 0 spiro atoms. The number of aromatic hydroxyl groups is 2. The molecule has 0 radical (unpaired) electrons. The molecule has 74 heavy (non-hydrogen) atoms. The topological polar surface area (TPSA) is 454 Å². The summed E-state index contributed by atoms with van der Waals surface area (Å²) in [6.07, 6.45) is -3.00. The minimum absolute atomic E-state index is 0.00771. The number of nitrogens with one attached hydrogen (secondary N) is 7. The fourth-order valence-corrected chi connectivity index (χ4v) is 7.34. The van der Waals surface area contributed by atoms with Gasteiger partial charge in [0.15, 0.2) is 0 Å². The third-order valence-corrected chi connectivity index (χ3v) is 11.3. The summed E-state index contributed by atoms with van der Waals surface area (Å²) in [5.74, 6) is -12.4. The molecule has 410 valence electrons. The number of amides is 7. The molecule has 26 heteroatoms. The number of carboxylic acid groups (broad SMARTS) is 3. The molecular weight excluding hydrogens is 973 g/mol. The van der Waals surface area contributed by atoms with Crippen LogP contribution in [0, 0.1) is 5.92 Å². The van der Waals surface area contributed by atoms with Crippen molar-refractivity contribution in [2.24, 2.45) is 23.1 Å². The van der Waals surface area contributed by atoms with E-state index in [0.717, 1.165) is 6.92 Å². The van der Waals surface area contributed by atoms with E-state index in [1.807, 2.05) is 0 Å². The molecule has 0 saturated carbocycles. The summed E-state index contributed by atoms with van der Waals surface area (Å²) in [5, 5.41) is 75.9. The monoisotopic (exact) mass is 1040 g/mol. The van der Waals surface area contributed by atoms with Crippen LogP contribution in [0.5, 0.6) is 11.5 Å². The van der Waals surface area contributed by atoms with Crippen LogP contribution in [0.25, 0.3) is 0 Å². The lowest BCUT2D eigenvalue weighted by Crippen LogP contribution is -2.62. The fourth-order valence-electron chi connectivity index (χ4n) is 7.34. The lowest BCUT2D eigenvalue weighted by molar-refractivity contribution is -0.143. The highest BCUT2D eigenvalue weighted by Crippen LogP contribution is 2.15. The van der Waals surface area contributed by atoms with Crippen molar-refractivity contribution in [1.29, 1.82) is 0 Å². The Balaban J connectivity index is 2.48. The van der Waals surface area contributed by atoms with Gasteiger partial charge >= 0.3 is 17.9 Å². The molecule has 7 amide bonds. The van der Waals surface area contributed by atoms with Crippen LogP contribution in [0.15, 0.2) is 48.5 Å². The predicted octanol–water partition coefficient (Wildman–Crippen LogP) is -2.68. The molecule has 0 aliphatic heterocycles. The summed E-state index contributed by atoms with van der Waals surface area (Å²) in [4.78, 5) is 132. The molecule has 0 aliphatic rings. The van der Waals surface area contributed by atoms with Crippen LogP contribution in [0.3, 0.4) is 0 Å². The average Bonchev–Trinajstić information content (AvgIpc) is 3.32. The Morgan fingerprint density at radius 3 is 1.22 bits per heavy atom. The van der Waals surface area contributed by atoms with Gasteiger partial charge < -0.3 is 85.1 Å². The van der Waals surface area contributed by atoms with E-state index in [0.29, 0.717) is 30.4 Å². The predicted molar refractivity (Wildman–Crippen MR) is 264 cm³/mol. The fraction of sp³-hybridized carbons (Fsp3) is 0.542. The zero-order chi connectivity index (χ0) is 55.7. The number of unbranched alkanes of at least 4 members (excludes halogenated alkanes) is 2. The van der Waals surface area contributed by atoms with E-state index in [1.54, 1.807) is 13.8 Å². The highest BCUT2D eigenvalue weighted by molar-refractivity contribution is 5.99. The van der Waals surface area contributed by atoms with Crippen LogP contribution < -0.4 is 54.4 Å². The Labute approximate surface area is 427 Å². The summed E-state index contributed by atoms with van der Waals surface area (Å²) in [6.45, 7) is 4.99. The Bertz CT molecular complexity index is 2210. The summed E-state index contributed by atoms with van der Waals surface area (Å²) in [6, 6.07) is -1.90. The minimum atomic E-state index is -2.03. The zero-order valence-corrected chi connectivity index (χ0v) is 41.6. The van der Waals surface area contributed by atoms with Crippen LogP contribution in [-0.2, 0) is 60.8 Å². The van der Waals surface area contributed by atoms with Crippen LogP contribution in [0.1, 0.15) is 89.7 Å². The average molecular weight is 1050 g/mol. The second kappa shape index (κ2) is 31.9. The maximum absolute atomic E-state index is 14.3. The van der Waals surface area contributed by atoms with Gasteiger partial charge in [0.1, 0.15) is 53.8 Å². The van der Waals surface area contributed by atoms with Crippen LogP contribution in [0.4, 0.5) is 0 Å². The number of phenols is 2. The SMILES string of the molecule is CC(C)C[C@H](N)C(=O)N[C@@H](CC(=O)O)C(=O)N[C@H](C(=O)N[C@@H](CC(=O)O)C(=O)N[C@@H](Cc1ccc(O)cc1)C(=O)N[C@@H](CCCCN)C(=O)N[C@@H](CCCCN)C(=O)N[C@@H](Cc1ccc(O)cc1)C(=O)O)[C@@H](C)O. The second-order valence-electron chi connectivity index (χ2n) is 18.2. The number of hydrogen-bond acceptors (Lipinski definition) is 16. The first-order chi connectivity index (χ1) is 34.8. The first-order valence-electron chi connectivity index (χ1n) is 24.0. The number of aliphatic carboxylic acids is 3. The Kier molecular flexibility index (Phi) is 27.0. The third-order valence-electron chi connectivity index (χ3n) is 11.3. The molecule has 19 N–H and O–H groups in total. The number of aliphatic hydroxyl groups is 1. The van der Waals surface area contributed by atoms with Crippen LogP contribution in [0.2, 0.25) is 0 Å². The minimum Gasteiger partial charge on any atom is -0.508 e. The van der Waals surface area contributed by atoms with Crippen molar-refractivity contribution >= 4 is 59.3 Å². The standard InChI is InChI=1S/C48H72N10O16/c1-25(2)20-31(51)41(66)54-36(24-39(64)65)46(71)58-40(26(3)59)47(72)56-35(23-38(62)63)45(70)55-34(21-27-10-14-29(60)15-11-27)44(69)53-32(8-4-6-18-49)42(67)52-33(9-5-7-19-50)43(68)57-37(48(73)74)22-28-12-16-30(61)17-13-28/h10-17,25-26,31-37,40,59-61H,4-9,18-24,49-51H2,1-3H3,(H,52,67)(H,53,69)(H,54,66)(H,55,70)(H,56,72)(H,57,68)(H,58,71)(H,62,63)(H,64,65)(H,73,74)/t26-,31+,32+,33+,34+,35+,36+,37+,40+/m1/s1. The summed E-state index contributed by atoms with van der Waals surface area (Å²) in [7, 11) is 0. The molecule has 0 heterocycles. The van der Waals surface area contributed by atoms with Gasteiger partial charge in [-0.3, -0.25) is 43.2 Å². The molecule has 0 fully saturated rings. The van der Waals surface area contributed by atoms with E-state index in [2.05, 4.69) is 37.2 Å². The normalized spacial score (nSPS) is 14.8. The molecule has 2 aromatic rings. The summed E-state index contributed by atoms with van der Waals surface area (Å²) in [5.41, 5.74) is 18.1. The number of carbonyl (C=O) groups excluding carboxylic acids is 7. The molecule has 0 bridgehead atoms. The smallest absolute Gasteiger partial charge is 0.326 e. The quantitative estimate of drug-likeness (QED) is 0.0318. The van der Waals surface area contributed by atoms with Crippen LogP contribution in [-0.4, -0.2) is 157 Å². The number of hydrogen-bond donors (Lipinski definition) is 16. The highest BCUT2D eigenvalue weighted by atomic mass is 16.4. The number of benzene rings is 2. The molecule has 0 saturated heterocycles. The van der Waals surface area contributed by atoms with E-state index < -0.39 is 127 Å². The van der Waals surface area contributed by atoms with E-state index in [4.69, 9.17) is 17.2 Å². The van der Waals surface area contributed by atoms with Crippen molar-refractivity contribution in [3.05, 3.63) is 59.7 Å². The number of phenolic OH excluding ortho intramolecular Hbond substituents is 2. The van der Waals surface area contributed by atoms with E-state index in [-0.39, 0.29) is 69.0 Å². The van der Waals surface area contributed by atoms with Gasteiger partial charge in [-0.2, -0.15) is 0 Å². The van der Waals surface area contributed by atoms with Crippen molar-refractivity contribution in [2.75, 3.05) is 13.1 Å². The molecule has 0 aliphatic carbocycles. The van der Waals surface area contributed by atoms with Gasteiger partial charge in [0, 0.05) is 12.8 Å². The van der Waals surface area contributed by atoms with Gasteiger partial charge in [0.25, 0.3) is 0 Å². The van der Waals surface area contributed by atoms with Crippen molar-refractivity contribution < 1.29 is 78.6 Å². The molecule has 0 unspecified atom stereocenters. The molecule has 9 atom stereocenters. The van der Waals surface area contributed by atoms with Gasteiger partial charge in [0.2, 0.25) is 41.4 Å². The first-order valence-corrected chi connectivity index (χ1v) is 24.0. The van der Waals surface area contributed by atoms with Gasteiger partial charge in [-0.05, 0) is 106 Å². The van der Waals surface area contributed by atoms with Crippen molar-refractivity contribution in [2.45, 2.75) is 146 Å². The van der Waals surface area contributed by atoms with Gasteiger partial charge in [0.05, 0.1) is 25.0 Å². The second-order valence-corrected chi connectivity index (χ2v) is 18.2. The van der Waals surface area contributed by atoms with E-state index in [1.165, 1.54) is 48.5 Å². The Morgan fingerprint density at radius 2 is 0.824 bits per heavy atom. The number of aliphatic hydroxyl groups excluding tert-OH is 1. The van der Waals surface area contributed by atoms with Crippen molar-refractivity contribution in [1.82, 2.24) is 37.2 Å². The number of rotatable bonds is 34. The molecule has 2 aromatic carbocycles. The van der Waals surface area contributed by atoms with Crippen LogP contribution >= 0.6 is 0 Å². The van der Waals surface area contributed by atoms with E-state index in [9.17, 15) is 78.6 Å². The Hall–Kier alpha value is -7.42. The highest BCUT2D eigenvalue weighted by Gasteiger charge is 2.37. The first kappa shape index (κ1) is 62.7. The third kappa shape index (κ3) is 23.0. The van der Waals surface area contributed by atoms with Crippen molar-refractivity contribution in [3.63, 3.8) is 0 Å².